The summed E-state index contributed by atoms with van der Waals surface area (Å²) < 4.78 is 0. The van der Waals surface area contributed by atoms with E-state index in [1.54, 1.807) is 0 Å². The van der Waals surface area contributed by atoms with Crippen LogP contribution in [-0.2, 0) is 0 Å². The number of aliphatic hydroxyl groups is 1. The number of hydrogen-bond acceptors (Lipinski definition) is 3. The van der Waals surface area contributed by atoms with Crippen molar-refractivity contribution >= 4 is 0 Å². The Labute approximate surface area is 127 Å². The van der Waals surface area contributed by atoms with E-state index < -0.39 is 0 Å². The van der Waals surface area contributed by atoms with Crippen LogP contribution >= 0.6 is 0 Å². The molecule has 0 saturated carbocycles. The van der Waals surface area contributed by atoms with E-state index in [0.29, 0.717) is 24.0 Å². The van der Waals surface area contributed by atoms with Crippen molar-refractivity contribution < 1.29 is 5.11 Å². The minimum Gasteiger partial charge on any atom is -0.396 e. The van der Waals surface area contributed by atoms with Gasteiger partial charge in [-0.2, -0.15) is 0 Å². The van der Waals surface area contributed by atoms with Gasteiger partial charge in [0.15, 0.2) is 0 Å². The fraction of sp³-hybridized carbons (Fsp3) is 0.556. The van der Waals surface area contributed by atoms with Crippen molar-refractivity contribution in [1.82, 2.24) is 10.2 Å². The molecule has 0 bridgehead atoms. The molecule has 0 aromatic heterocycles. The van der Waals surface area contributed by atoms with Crippen LogP contribution in [0.3, 0.4) is 0 Å². The SMILES string of the molecule is CC(c1ccccc1)N1CCC(N[C@@H]2C=C[C@H](CO)C2)C1. The van der Waals surface area contributed by atoms with Crippen LogP contribution in [-0.4, -0.2) is 41.8 Å². The maximum absolute atomic E-state index is 9.20. The molecule has 1 aromatic rings. The summed E-state index contributed by atoms with van der Waals surface area (Å²) in [6.07, 6.45) is 6.63. The summed E-state index contributed by atoms with van der Waals surface area (Å²) >= 11 is 0. The van der Waals surface area contributed by atoms with Gasteiger partial charge >= 0.3 is 0 Å². The Morgan fingerprint density at radius 2 is 2.10 bits per heavy atom. The number of benzene rings is 1. The molecule has 2 aliphatic rings. The maximum atomic E-state index is 9.20. The molecule has 4 atom stereocenters. The topological polar surface area (TPSA) is 35.5 Å². The molecule has 2 N–H and O–H groups in total. The smallest absolute Gasteiger partial charge is 0.0494 e. The molecular weight excluding hydrogens is 260 g/mol. The molecule has 2 unspecified atom stereocenters. The van der Waals surface area contributed by atoms with Crippen LogP contribution in [0.1, 0.15) is 31.4 Å². The maximum Gasteiger partial charge on any atom is 0.0494 e. The molecule has 1 heterocycles. The monoisotopic (exact) mass is 286 g/mol. The average Bonchev–Trinajstić information content (AvgIpc) is 3.17. The normalized spacial score (nSPS) is 30.9. The molecule has 3 nitrogen and oxygen atoms in total. The first-order valence-corrected chi connectivity index (χ1v) is 8.10. The van der Waals surface area contributed by atoms with Crippen LogP contribution in [0.5, 0.6) is 0 Å². The average molecular weight is 286 g/mol. The highest BCUT2D eigenvalue weighted by molar-refractivity contribution is 5.18. The van der Waals surface area contributed by atoms with E-state index in [1.807, 2.05) is 0 Å². The number of nitrogens with zero attached hydrogens (tertiary/aromatic N) is 1. The van der Waals surface area contributed by atoms with Crippen LogP contribution < -0.4 is 5.32 Å². The van der Waals surface area contributed by atoms with Crippen molar-refractivity contribution in [3.63, 3.8) is 0 Å². The second-order valence-corrected chi connectivity index (χ2v) is 6.40. The lowest BCUT2D eigenvalue weighted by atomic mass is 10.1. The zero-order valence-electron chi connectivity index (χ0n) is 12.8. The molecule has 0 radical (unpaired) electrons. The molecular formula is C18H26N2O. The fourth-order valence-corrected chi connectivity index (χ4v) is 3.55. The van der Waals surface area contributed by atoms with E-state index in [0.717, 1.165) is 19.5 Å². The van der Waals surface area contributed by atoms with Crippen molar-refractivity contribution in [2.24, 2.45) is 5.92 Å². The molecule has 114 valence electrons. The third kappa shape index (κ3) is 3.54. The first-order chi connectivity index (χ1) is 10.3. The van der Waals surface area contributed by atoms with Gasteiger partial charge in [-0.25, -0.2) is 0 Å². The van der Waals surface area contributed by atoms with Crippen molar-refractivity contribution in [2.45, 2.75) is 37.9 Å². The molecule has 3 rings (SSSR count). The highest BCUT2D eigenvalue weighted by atomic mass is 16.3. The second-order valence-electron chi connectivity index (χ2n) is 6.40. The second kappa shape index (κ2) is 6.73. The Balaban J connectivity index is 1.51. The quantitative estimate of drug-likeness (QED) is 0.816. The molecule has 1 aromatic carbocycles. The van der Waals surface area contributed by atoms with Gasteiger partial charge < -0.3 is 10.4 Å². The van der Waals surface area contributed by atoms with Gasteiger partial charge in [0.2, 0.25) is 0 Å². The predicted molar refractivity (Wildman–Crippen MR) is 86.1 cm³/mol. The van der Waals surface area contributed by atoms with E-state index in [2.05, 4.69) is 59.6 Å². The van der Waals surface area contributed by atoms with Gasteiger partial charge in [-0.1, -0.05) is 42.5 Å². The Morgan fingerprint density at radius 1 is 1.29 bits per heavy atom. The summed E-state index contributed by atoms with van der Waals surface area (Å²) in [5, 5.41) is 12.9. The zero-order valence-corrected chi connectivity index (χ0v) is 12.8. The number of aliphatic hydroxyl groups excluding tert-OH is 1. The summed E-state index contributed by atoms with van der Waals surface area (Å²) in [4.78, 5) is 2.56. The summed E-state index contributed by atoms with van der Waals surface area (Å²) in [6.45, 7) is 4.85. The van der Waals surface area contributed by atoms with Gasteiger partial charge in [0.05, 0.1) is 0 Å². The fourth-order valence-electron chi connectivity index (χ4n) is 3.55. The van der Waals surface area contributed by atoms with Gasteiger partial charge in [0.1, 0.15) is 0 Å². The molecule has 3 heteroatoms. The summed E-state index contributed by atoms with van der Waals surface area (Å²) in [6, 6.07) is 12.3. The van der Waals surface area contributed by atoms with Gasteiger partial charge in [-0.3, -0.25) is 4.90 Å². The molecule has 0 spiro atoms. The predicted octanol–water partition coefficient (Wildman–Crippen LogP) is 2.35. The molecule has 1 aliphatic carbocycles. The number of nitrogens with one attached hydrogen (secondary N) is 1. The van der Waals surface area contributed by atoms with Crippen molar-refractivity contribution in [2.75, 3.05) is 19.7 Å². The number of hydrogen-bond donors (Lipinski definition) is 2. The van der Waals surface area contributed by atoms with E-state index in [4.69, 9.17) is 0 Å². The Kier molecular flexibility index (Phi) is 4.73. The van der Waals surface area contributed by atoms with Crippen LogP contribution in [0, 0.1) is 5.92 Å². The summed E-state index contributed by atoms with van der Waals surface area (Å²) in [5.41, 5.74) is 1.40. The van der Waals surface area contributed by atoms with Crippen molar-refractivity contribution in [1.29, 1.82) is 0 Å². The van der Waals surface area contributed by atoms with Crippen LogP contribution in [0.4, 0.5) is 0 Å². The molecule has 21 heavy (non-hydrogen) atoms. The largest absolute Gasteiger partial charge is 0.396 e. The van der Waals surface area contributed by atoms with E-state index in [1.165, 1.54) is 12.0 Å². The Bertz CT molecular complexity index is 473. The Morgan fingerprint density at radius 3 is 2.81 bits per heavy atom. The van der Waals surface area contributed by atoms with E-state index in [-0.39, 0.29) is 6.61 Å². The highest BCUT2D eigenvalue weighted by Gasteiger charge is 2.29. The number of rotatable bonds is 5. The third-order valence-corrected chi connectivity index (χ3v) is 4.91. The lowest BCUT2D eigenvalue weighted by Gasteiger charge is -2.25. The minimum absolute atomic E-state index is 0.274. The first-order valence-electron chi connectivity index (χ1n) is 8.10. The molecule has 1 fully saturated rings. The first kappa shape index (κ1) is 14.8. The van der Waals surface area contributed by atoms with Crippen LogP contribution in [0.2, 0.25) is 0 Å². The lowest BCUT2D eigenvalue weighted by molar-refractivity contribution is 0.240. The molecule has 1 aliphatic heterocycles. The van der Waals surface area contributed by atoms with E-state index >= 15 is 0 Å². The minimum atomic E-state index is 0.274. The van der Waals surface area contributed by atoms with E-state index in [9.17, 15) is 5.11 Å². The van der Waals surface area contributed by atoms with Gasteiger partial charge in [0.25, 0.3) is 0 Å². The number of likely N-dealkylation sites (tertiary alicyclic amines) is 1. The van der Waals surface area contributed by atoms with Gasteiger partial charge in [0, 0.05) is 43.7 Å². The van der Waals surface area contributed by atoms with Gasteiger partial charge in [-0.05, 0) is 25.3 Å². The summed E-state index contributed by atoms with van der Waals surface area (Å²) in [5.74, 6) is 0.350. The third-order valence-electron chi connectivity index (χ3n) is 4.91. The van der Waals surface area contributed by atoms with Gasteiger partial charge in [-0.15, -0.1) is 0 Å². The van der Waals surface area contributed by atoms with Crippen molar-refractivity contribution in [3.05, 3.63) is 48.0 Å². The Hall–Kier alpha value is -1.16. The summed E-state index contributed by atoms with van der Waals surface area (Å²) in [7, 11) is 0. The zero-order chi connectivity index (χ0) is 14.7. The highest BCUT2D eigenvalue weighted by Crippen LogP contribution is 2.25. The van der Waals surface area contributed by atoms with Crippen LogP contribution in [0.25, 0.3) is 0 Å². The standard InChI is InChI=1S/C18H26N2O/c1-14(16-5-3-2-4-6-16)20-10-9-18(12-20)19-17-8-7-15(11-17)13-21/h2-8,14-15,17-19,21H,9-13H2,1H3/t14?,15-,17+,18?/m0/s1. The molecule has 0 amide bonds. The molecule has 1 saturated heterocycles. The van der Waals surface area contributed by atoms with Crippen molar-refractivity contribution in [3.8, 4) is 0 Å². The van der Waals surface area contributed by atoms with Crippen LogP contribution in [0.15, 0.2) is 42.5 Å². The lowest BCUT2D eigenvalue weighted by Crippen LogP contribution is -2.39.